The molecule has 1 aliphatic heterocycles. The molecular formula is C15H17ClFN3O2S. The third kappa shape index (κ3) is 6.13. The van der Waals surface area contributed by atoms with Crippen LogP contribution in [0.25, 0.3) is 6.08 Å². The van der Waals surface area contributed by atoms with E-state index in [1.807, 2.05) is 0 Å². The van der Waals surface area contributed by atoms with Crippen LogP contribution in [0.3, 0.4) is 0 Å². The second kappa shape index (κ2) is 8.81. The van der Waals surface area contributed by atoms with E-state index in [2.05, 4.69) is 16.2 Å². The van der Waals surface area contributed by atoms with Crippen LogP contribution in [0.2, 0.25) is 5.02 Å². The second-order valence-electron chi connectivity index (χ2n) is 4.97. The summed E-state index contributed by atoms with van der Waals surface area (Å²) in [6.07, 6.45) is 5.03. The van der Waals surface area contributed by atoms with E-state index < -0.39 is 11.7 Å². The Hall–Kier alpha value is -1.70. The maximum atomic E-state index is 13.0. The molecule has 1 aromatic carbocycles. The highest BCUT2D eigenvalue weighted by Crippen LogP contribution is 2.16. The molecule has 0 bridgehead atoms. The number of amides is 1. The molecule has 1 heterocycles. The van der Waals surface area contributed by atoms with Crippen LogP contribution in [0, 0.1) is 5.82 Å². The van der Waals surface area contributed by atoms with Crippen molar-refractivity contribution >= 4 is 40.9 Å². The molecular weight excluding hydrogens is 341 g/mol. The standard InChI is InChI=1S/C15H17ClFN3O2S/c16-12-8-10(3-5-13(12)17)4-6-14(21)19-20-15(23)18-9-11-2-1-7-22-11/h3-6,8,11H,1-2,7,9H2,(H,19,21)(H2,18,20,23)/b6-4+. The molecule has 0 spiro atoms. The minimum atomic E-state index is -0.502. The predicted octanol–water partition coefficient (Wildman–Crippen LogP) is 2.17. The molecule has 1 fully saturated rings. The highest BCUT2D eigenvalue weighted by molar-refractivity contribution is 7.80. The Kier molecular flexibility index (Phi) is 6.76. The quantitative estimate of drug-likeness (QED) is 0.438. The number of carbonyl (C=O) groups excluding carboxylic acids is 1. The molecule has 1 amide bonds. The van der Waals surface area contributed by atoms with Gasteiger partial charge in [0.15, 0.2) is 5.11 Å². The van der Waals surface area contributed by atoms with Gasteiger partial charge in [0.2, 0.25) is 0 Å². The summed E-state index contributed by atoms with van der Waals surface area (Å²) >= 11 is 10.7. The van der Waals surface area contributed by atoms with Crippen molar-refractivity contribution in [3.05, 3.63) is 40.7 Å². The van der Waals surface area contributed by atoms with E-state index in [0.717, 1.165) is 19.4 Å². The van der Waals surface area contributed by atoms with Crippen molar-refractivity contribution in [2.45, 2.75) is 18.9 Å². The van der Waals surface area contributed by atoms with Crippen molar-refractivity contribution in [1.29, 1.82) is 0 Å². The first-order valence-corrected chi connectivity index (χ1v) is 7.92. The lowest BCUT2D eigenvalue weighted by Gasteiger charge is -2.13. The molecule has 1 saturated heterocycles. The van der Waals surface area contributed by atoms with Gasteiger partial charge in [-0.15, -0.1) is 0 Å². The van der Waals surface area contributed by atoms with Gasteiger partial charge in [-0.2, -0.15) is 0 Å². The largest absolute Gasteiger partial charge is 0.376 e. The summed E-state index contributed by atoms with van der Waals surface area (Å²) in [4.78, 5) is 11.7. The molecule has 5 nitrogen and oxygen atoms in total. The molecule has 124 valence electrons. The van der Waals surface area contributed by atoms with Crippen molar-refractivity contribution in [1.82, 2.24) is 16.2 Å². The fourth-order valence-corrected chi connectivity index (χ4v) is 2.33. The number of halogens is 2. The average Bonchev–Trinajstić information content (AvgIpc) is 3.05. The predicted molar refractivity (Wildman–Crippen MR) is 91.3 cm³/mol. The summed E-state index contributed by atoms with van der Waals surface area (Å²) in [5.74, 6) is -0.899. The molecule has 1 unspecified atom stereocenters. The fourth-order valence-electron chi connectivity index (χ4n) is 2.00. The summed E-state index contributed by atoms with van der Waals surface area (Å²) in [6.45, 7) is 1.38. The zero-order valence-corrected chi connectivity index (χ0v) is 13.8. The van der Waals surface area contributed by atoms with Crippen LogP contribution in [0.15, 0.2) is 24.3 Å². The number of rotatable bonds is 4. The van der Waals surface area contributed by atoms with E-state index in [4.69, 9.17) is 28.6 Å². The van der Waals surface area contributed by atoms with E-state index in [-0.39, 0.29) is 11.1 Å². The Bertz CT molecular complexity index is 606. The van der Waals surface area contributed by atoms with Gasteiger partial charge in [-0.05, 0) is 48.8 Å². The monoisotopic (exact) mass is 357 g/mol. The van der Waals surface area contributed by atoms with Gasteiger partial charge < -0.3 is 10.1 Å². The smallest absolute Gasteiger partial charge is 0.262 e. The molecule has 1 atom stereocenters. The van der Waals surface area contributed by atoms with Crippen LogP contribution in [0.4, 0.5) is 4.39 Å². The van der Waals surface area contributed by atoms with E-state index in [1.54, 1.807) is 0 Å². The molecule has 0 aliphatic carbocycles. The van der Waals surface area contributed by atoms with Crippen LogP contribution in [0.1, 0.15) is 18.4 Å². The van der Waals surface area contributed by atoms with Gasteiger partial charge in [-0.1, -0.05) is 17.7 Å². The molecule has 1 aromatic rings. The van der Waals surface area contributed by atoms with Gasteiger partial charge in [0.25, 0.3) is 5.91 Å². The number of hydrazine groups is 1. The SMILES string of the molecule is O=C(/C=C/c1ccc(F)c(Cl)c1)NNC(=S)NCC1CCCO1. The van der Waals surface area contributed by atoms with E-state index >= 15 is 0 Å². The maximum Gasteiger partial charge on any atom is 0.262 e. The molecule has 2 rings (SSSR count). The zero-order valence-electron chi connectivity index (χ0n) is 12.3. The van der Waals surface area contributed by atoms with Gasteiger partial charge in [-0.25, -0.2) is 4.39 Å². The molecule has 23 heavy (non-hydrogen) atoms. The number of hydrogen-bond donors (Lipinski definition) is 3. The normalized spacial score (nSPS) is 17.2. The Morgan fingerprint density at radius 1 is 1.48 bits per heavy atom. The summed E-state index contributed by atoms with van der Waals surface area (Å²) in [5.41, 5.74) is 5.63. The van der Waals surface area contributed by atoms with Crippen LogP contribution in [-0.4, -0.2) is 30.3 Å². The van der Waals surface area contributed by atoms with Crippen molar-refractivity contribution in [3.8, 4) is 0 Å². The lowest BCUT2D eigenvalue weighted by Crippen LogP contribution is -2.47. The van der Waals surface area contributed by atoms with Gasteiger partial charge in [-0.3, -0.25) is 15.6 Å². The van der Waals surface area contributed by atoms with Crippen LogP contribution in [-0.2, 0) is 9.53 Å². The van der Waals surface area contributed by atoms with E-state index in [0.29, 0.717) is 17.2 Å². The second-order valence-corrected chi connectivity index (χ2v) is 5.78. The first kappa shape index (κ1) is 17.7. The summed E-state index contributed by atoms with van der Waals surface area (Å²) < 4.78 is 18.5. The van der Waals surface area contributed by atoms with E-state index in [9.17, 15) is 9.18 Å². The van der Waals surface area contributed by atoms with Gasteiger partial charge in [0, 0.05) is 19.2 Å². The minimum absolute atomic E-state index is 0.00481. The highest BCUT2D eigenvalue weighted by Gasteiger charge is 2.15. The van der Waals surface area contributed by atoms with Crippen molar-refractivity contribution in [2.75, 3.05) is 13.2 Å². The summed E-state index contributed by atoms with van der Waals surface area (Å²) in [5, 5.41) is 3.28. The van der Waals surface area contributed by atoms with Gasteiger partial charge in [0.05, 0.1) is 11.1 Å². The third-order valence-corrected chi connectivity index (χ3v) is 3.72. The Balaban J connectivity index is 1.70. The minimum Gasteiger partial charge on any atom is -0.376 e. The first-order chi connectivity index (χ1) is 11.0. The molecule has 1 aliphatic rings. The van der Waals surface area contributed by atoms with Crippen molar-refractivity contribution in [3.63, 3.8) is 0 Å². The Morgan fingerprint density at radius 2 is 2.30 bits per heavy atom. The number of ether oxygens (including phenoxy) is 1. The number of benzene rings is 1. The molecule has 0 saturated carbocycles. The number of hydrogen-bond acceptors (Lipinski definition) is 3. The molecule has 0 aromatic heterocycles. The summed E-state index contributed by atoms with van der Waals surface area (Å²) in [6, 6.07) is 4.19. The van der Waals surface area contributed by atoms with Gasteiger partial charge in [0.1, 0.15) is 5.82 Å². The number of carbonyl (C=O) groups is 1. The molecule has 8 heteroatoms. The highest BCUT2D eigenvalue weighted by atomic mass is 35.5. The Morgan fingerprint density at radius 3 is 3.00 bits per heavy atom. The van der Waals surface area contributed by atoms with Crippen LogP contribution < -0.4 is 16.2 Å². The van der Waals surface area contributed by atoms with E-state index in [1.165, 1.54) is 30.4 Å². The van der Waals surface area contributed by atoms with Crippen molar-refractivity contribution < 1.29 is 13.9 Å². The lowest BCUT2D eigenvalue weighted by molar-refractivity contribution is -0.116. The van der Waals surface area contributed by atoms with Gasteiger partial charge >= 0.3 is 0 Å². The third-order valence-electron chi connectivity index (χ3n) is 3.18. The maximum absolute atomic E-state index is 13.0. The number of nitrogens with one attached hydrogen (secondary N) is 3. The van der Waals surface area contributed by atoms with Crippen LogP contribution >= 0.6 is 23.8 Å². The number of thiocarbonyl (C=S) groups is 1. The fraction of sp³-hybridized carbons (Fsp3) is 0.333. The molecule has 3 N–H and O–H groups in total. The molecule has 0 radical (unpaired) electrons. The zero-order chi connectivity index (χ0) is 16.7. The van der Waals surface area contributed by atoms with Crippen molar-refractivity contribution in [2.24, 2.45) is 0 Å². The Labute approximate surface area is 144 Å². The first-order valence-electron chi connectivity index (χ1n) is 7.13. The van der Waals surface area contributed by atoms with Crippen LogP contribution in [0.5, 0.6) is 0 Å². The summed E-state index contributed by atoms with van der Waals surface area (Å²) in [7, 11) is 0. The average molecular weight is 358 g/mol. The topological polar surface area (TPSA) is 62.4 Å². The lowest BCUT2D eigenvalue weighted by atomic mass is 10.2.